The third-order valence-corrected chi connectivity index (χ3v) is 5.43. The molecule has 1 aliphatic heterocycles. The number of hydrogen-bond acceptors (Lipinski definition) is 4. The van der Waals surface area contributed by atoms with Gasteiger partial charge >= 0.3 is 0 Å². The quantitative estimate of drug-likeness (QED) is 0.756. The molecule has 1 N–H and O–H groups in total. The Hall–Kier alpha value is -3.09. The van der Waals surface area contributed by atoms with Crippen molar-refractivity contribution in [1.29, 1.82) is 0 Å². The van der Waals surface area contributed by atoms with E-state index in [1.807, 2.05) is 4.90 Å². The first kappa shape index (κ1) is 21.6. The molecule has 1 aliphatic rings. The van der Waals surface area contributed by atoms with Crippen molar-refractivity contribution in [2.24, 2.45) is 5.92 Å². The predicted molar refractivity (Wildman–Crippen MR) is 111 cm³/mol. The molecule has 0 spiro atoms. The fourth-order valence-corrected chi connectivity index (χ4v) is 3.59. The summed E-state index contributed by atoms with van der Waals surface area (Å²) in [5, 5.41) is 2.97. The van der Waals surface area contributed by atoms with Crippen LogP contribution in [0.3, 0.4) is 0 Å². The fraction of sp³-hybridized carbons (Fsp3) is 0.391. The van der Waals surface area contributed by atoms with Crippen LogP contribution in [0.2, 0.25) is 0 Å². The summed E-state index contributed by atoms with van der Waals surface area (Å²) >= 11 is 0. The van der Waals surface area contributed by atoms with Crippen LogP contribution in [0.1, 0.15) is 28.8 Å². The molecular weight excluding hydrogens is 387 g/mol. The van der Waals surface area contributed by atoms with E-state index in [0.717, 1.165) is 18.4 Å². The Bertz CT molecular complexity index is 877. The van der Waals surface area contributed by atoms with Gasteiger partial charge in [0.1, 0.15) is 5.82 Å². The van der Waals surface area contributed by atoms with Gasteiger partial charge in [-0.3, -0.25) is 9.59 Å². The lowest BCUT2D eigenvalue weighted by molar-refractivity contribution is -0.131. The van der Waals surface area contributed by atoms with Crippen LogP contribution in [0, 0.1) is 11.7 Å². The highest BCUT2D eigenvalue weighted by Crippen LogP contribution is 2.27. The standard InChI is InChI=1S/C23H27FN2O4/c1-29-20-8-5-18(14-21(20)30-2)23(28)25-15-17-9-11-26(12-10-17)22(27)13-16-3-6-19(24)7-4-16/h3-8,14,17H,9-13,15H2,1-2H3,(H,25,28). The number of piperidine rings is 1. The van der Waals surface area contributed by atoms with Crippen molar-refractivity contribution < 1.29 is 23.5 Å². The highest BCUT2D eigenvalue weighted by molar-refractivity contribution is 5.94. The van der Waals surface area contributed by atoms with Crippen molar-refractivity contribution in [3.8, 4) is 11.5 Å². The van der Waals surface area contributed by atoms with E-state index in [4.69, 9.17) is 9.47 Å². The molecular formula is C23H27FN2O4. The molecule has 0 aliphatic carbocycles. The van der Waals surface area contributed by atoms with Crippen LogP contribution in [0.5, 0.6) is 11.5 Å². The van der Waals surface area contributed by atoms with Gasteiger partial charge in [-0.15, -0.1) is 0 Å². The minimum Gasteiger partial charge on any atom is -0.493 e. The van der Waals surface area contributed by atoms with Crippen LogP contribution >= 0.6 is 0 Å². The SMILES string of the molecule is COc1ccc(C(=O)NCC2CCN(C(=O)Cc3ccc(F)cc3)CC2)cc1OC. The normalized spacial score (nSPS) is 14.3. The summed E-state index contributed by atoms with van der Waals surface area (Å²) in [7, 11) is 3.08. The van der Waals surface area contributed by atoms with E-state index in [1.54, 1.807) is 37.4 Å². The zero-order valence-electron chi connectivity index (χ0n) is 17.3. The molecule has 1 fully saturated rings. The molecule has 0 unspecified atom stereocenters. The van der Waals surface area contributed by atoms with Gasteiger partial charge in [-0.05, 0) is 54.7 Å². The third kappa shape index (κ3) is 5.49. The van der Waals surface area contributed by atoms with Crippen LogP contribution < -0.4 is 14.8 Å². The number of amides is 2. The molecule has 0 radical (unpaired) electrons. The first-order valence-corrected chi connectivity index (χ1v) is 10.0. The number of rotatable bonds is 7. The molecule has 0 saturated carbocycles. The molecule has 1 heterocycles. The average molecular weight is 414 g/mol. The molecule has 0 aromatic heterocycles. The van der Waals surface area contributed by atoms with Crippen molar-refractivity contribution in [1.82, 2.24) is 10.2 Å². The Morgan fingerprint density at radius 1 is 1.03 bits per heavy atom. The highest BCUT2D eigenvalue weighted by atomic mass is 19.1. The largest absolute Gasteiger partial charge is 0.493 e. The molecule has 0 bridgehead atoms. The van der Waals surface area contributed by atoms with Crippen LogP contribution in [-0.4, -0.2) is 50.6 Å². The van der Waals surface area contributed by atoms with Gasteiger partial charge in [0.2, 0.25) is 5.91 Å². The Kier molecular flexibility index (Phi) is 7.27. The molecule has 30 heavy (non-hydrogen) atoms. The monoisotopic (exact) mass is 414 g/mol. The van der Waals surface area contributed by atoms with Crippen molar-refractivity contribution in [2.45, 2.75) is 19.3 Å². The number of halogens is 1. The van der Waals surface area contributed by atoms with Crippen molar-refractivity contribution in [3.63, 3.8) is 0 Å². The van der Waals surface area contributed by atoms with Gasteiger partial charge in [0.15, 0.2) is 11.5 Å². The van der Waals surface area contributed by atoms with Crippen LogP contribution in [-0.2, 0) is 11.2 Å². The number of benzene rings is 2. The second kappa shape index (κ2) is 10.1. The minimum atomic E-state index is -0.304. The molecule has 0 atom stereocenters. The Balaban J connectivity index is 1.45. The molecule has 3 rings (SSSR count). The van der Waals surface area contributed by atoms with Gasteiger partial charge in [0.05, 0.1) is 20.6 Å². The Morgan fingerprint density at radius 2 is 1.70 bits per heavy atom. The summed E-state index contributed by atoms with van der Waals surface area (Å²) in [6.07, 6.45) is 1.95. The summed E-state index contributed by atoms with van der Waals surface area (Å²) in [4.78, 5) is 26.8. The van der Waals surface area contributed by atoms with E-state index in [0.29, 0.717) is 42.6 Å². The Morgan fingerprint density at radius 3 is 2.33 bits per heavy atom. The first-order valence-electron chi connectivity index (χ1n) is 10.0. The van der Waals surface area contributed by atoms with E-state index < -0.39 is 0 Å². The number of nitrogens with one attached hydrogen (secondary N) is 1. The molecule has 160 valence electrons. The van der Waals surface area contributed by atoms with Crippen LogP contribution in [0.4, 0.5) is 4.39 Å². The van der Waals surface area contributed by atoms with E-state index in [-0.39, 0.29) is 24.1 Å². The number of carbonyl (C=O) groups is 2. The molecule has 2 aromatic carbocycles. The van der Waals surface area contributed by atoms with Crippen molar-refractivity contribution >= 4 is 11.8 Å². The third-order valence-electron chi connectivity index (χ3n) is 5.43. The highest BCUT2D eigenvalue weighted by Gasteiger charge is 2.23. The predicted octanol–water partition coefficient (Wildman–Crippen LogP) is 3.05. The fourth-order valence-electron chi connectivity index (χ4n) is 3.59. The summed E-state index contributed by atoms with van der Waals surface area (Å²) in [5.41, 5.74) is 1.32. The number of carbonyl (C=O) groups excluding carboxylic acids is 2. The van der Waals surface area contributed by atoms with Gasteiger partial charge < -0.3 is 19.7 Å². The lowest BCUT2D eigenvalue weighted by atomic mass is 9.96. The summed E-state index contributed by atoms with van der Waals surface area (Å²) in [5.74, 6) is 0.996. The van der Waals surface area contributed by atoms with Crippen molar-refractivity contribution in [3.05, 3.63) is 59.4 Å². The summed E-state index contributed by atoms with van der Waals surface area (Å²) < 4.78 is 23.4. The molecule has 1 saturated heterocycles. The lowest BCUT2D eigenvalue weighted by Gasteiger charge is -2.32. The molecule has 2 aromatic rings. The van der Waals surface area contributed by atoms with E-state index in [2.05, 4.69) is 5.32 Å². The van der Waals surface area contributed by atoms with E-state index in [1.165, 1.54) is 19.2 Å². The number of ether oxygens (including phenoxy) is 2. The maximum absolute atomic E-state index is 13.0. The van der Waals surface area contributed by atoms with Gasteiger partial charge in [0, 0.05) is 25.2 Å². The van der Waals surface area contributed by atoms with Gasteiger partial charge in [-0.25, -0.2) is 4.39 Å². The van der Waals surface area contributed by atoms with E-state index in [9.17, 15) is 14.0 Å². The minimum absolute atomic E-state index is 0.0504. The van der Waals surface area contributed by atoms with Gasteiger partial charge in [-0.1, -0.05) is 12.1 Å². The zero-order chi connectivity index (χ0) is 21.5. The zero-order valence-corrected chi connectivity index (χ0v) is 17.3. The molecule has 6 nitrogen and oxygen atoms in total. The molecule has 7 heteroatoms. The van der Waals surface area contributed by atoms with Gasteiger partial charge in [0.25, 0.3) is 5.91 Å². The summed E-state index contributed by atoms with van der Waals surface area (Å²) in [6.45, 7) is 1.89. The number of methoxy groups -OCH3 is 2. The van der Waals surface area contributed by atoms with Crippen LogP contribution in [0.15, 0.2) is 42.5 Å². The average Bonchev–Trinajstić information content (AvgIpc) is 2.78. The second-order valence-electron chi connectivity index (χ2n) is 7.41. The lowest BCUT2D eigenvalue weighted by Crippen LogP contribution is -2.42. The van der Waals surface area contributed by atoms with Gasteiger partial charge in [-0.2, -0.15) is 0 Å². The molecule has 2 amide bonds. The summed E-state index contributed by atoms with van der Waals surface area (Å²) in [6, 6.07) is 11.1. The van der Waals surface area contributed by atoms with Crippen molar-refractivity contribution in [2.75, 3.05) is 33.9 Å². The first-order chi connectivity index (χ1) is 14.5. The maximum Gasteiger partial charge on any atom is 0.251 e. The van der Waals surface area contributed by atoms with Crippen LogP contribution in [0.25, 0.3) is 0 Å². The number of likely N-dealkylation sites (tertiary alicyclic amines) is 1. The number of hydrogen-bond donors (Lipinski definition) is 1. The second-order valence-corrected chi connectivity index (χ2v) is 7.41. The smallest absolute Gasteiger partial charge is 0.251 e. The number of nitrogens with zero attached hydrogens (tertiary/aromatic N) is 1. The maximum atomic E-state index is 13.0. The Labute approximate surface area is 176 Å². The van der Waals surface area contributed by atoms with E-state index >= 15 is 0 Å². The topological polar surface area (TPSA) is 67.9 Å².